The second-order valence-electron chi connectivity index (χ2n) is 6.11. The molecule has 0 fully saturated rings. The van der Waals surface area contributed by atoms with E-state index in [1.807, 2.05) is 18.2 Å². The molecule has 9 heteroatoms. The number of methoxy groups -OCH3 is 2. The summed E-state index contributed by atoms with van der Waals surface area (Å²) < 4.78 is 15.9. The molecule has 3 aromatic rings. The van der Waals surface area contributed by atoms with E-state index in [4.69, 9.17) is 37.1 Å². The summed E-state index contributed by atoms with van der Waals surface area (Å²) in [6, 6.07) is 10.7. The van der Waals surface area contributed by atoms with Crippen LogP contribution in [0.2, 0.25) is 10.0 Å². The van der Waals surface area contributed by atoms with Crippen molar-refractivity contribution in [3.05, 3.63) is 69.4 Å². The zero-order valence-corrected chi connectivity index (χ0v) is 17.4. The van der Waals surface area contributed by atoms with Crippen LogP contribution in [-0.4, -0.2) is 36.9 Å². The van der Waals surface area contributed by atoms with Crippen LogP contribution < -0.4 is 14.8 Å². The first-order valence-corrected chi connectivity index (χ1v) is 9.51. The number of halogens is 2. The molecule has 3 rings (SSSR count). The van der Waals surface area contributed by atoms with E-state index in [1.54, 1.807) is 32.4 Å². The first-order valence-electron chi connectivity index (χ1n) is 8.75. The molecule has 1 N–H and O–H groups in total. The Balaban J connectivity index is 1.55. The molecule has 152 valence electrons. The molecule has 0 saturated carbocycles. The van der Waals surface area contributed by atoms with E-state index in [9.17, 15) is 4.79 Å². The maximum atomic E-state index is 12.2. The van der Waals surface area contributed by atoms with Crippen molar-refractivity contribution in [2.75, 3.05) is 20.8 Å². The summed E-state index contributed by atoms with van der Waals surface area (Å²) in [5, 5.41) is 11.5. The Hall–Kier alpha value is -2.77. The van der Waals surface area contributed by atoms with Crippen molar-refractivity contribution >= 4 is 29.1 Å². The van der Waals surface area contributed by atoms with Crippen molar-refractivity contribution in [2.45, 2.75) is 12.8 Å². The lowest BCUT2D eigenvalue weighted by Crippen LogP contribution is -2.26. The van der Waals surface area contributed by atoms with E-state index in [-0.39, 0.29) is 5.89 Å². The summed E-state index contributed by atoms with van der Waals surface area (Å²) in [5.41, 5.74) is 1.77. The third kappa shape index (κ3) is 5.40. The van der Waals surface area contributed by atoms with Gasteiger partial charge in [0.05, 0.1) is 20.6 Å². The largest absolute Gasteiger partial charge is 0.493 e. The third-order valence-corrected chi connectivity index (χ3v) is 4.75. The molecule has 7 nitrogen and oxygen atoms in total. The Labute approximate surface area is 177 Å². The molecule has 0 unspecified atom stereocenters. The van der Waals surface area contributed by atoms with Crippen LogP contribution in [0, 0.1) is 0 Å². The highest BCUT2D eigenvalue weighted by Crippen LogP contribution is 2.27. The molecule has 0 aliphatic heterocycles. The zero-order chi connectivity index (χ0) is 20.8. The summed E-state index contributed by atoms with van der Waals surface area (Å²) in [6.45, 7) is 0.398. The first kappa shape index (κ1) is 21.0. The second-order valence-corrected chi connectivity index (χ2v) is 6.95. The van der Waals surface area contributed by atoms with Crippen molar-refractivity contribution in [3.63, 3.8) is 0 Å². The molecule has 0 saturated heterocycles. The van der Waals surface area contributed by atoms with Gasteiger partial charge in [-0.25, -0.2) is 0 Å². The van der Waals surface area contributed by atoms with Crippen LogP contribution in [0.4, 0.5) is 0 Å². The summed E-state index contributed by atoms with van der Waals surface area (Å²) >= 11 is 12.0. The van der Waals surface area contributed by atoms with E-state index < -0.39 is 5.91 Å². The number of amides is 1. The van der Waals surface area contributed by atoms with E-state index in [2.05, 4.69) is 15.5 Å². The number of nitrogens with one attached hydrogen (secondary N) is 1. The minimum Gasteiger partial charge on any atom is -0.493 e. The van der Waals surface area contributed by atoms with Gasteiger partial charge in [0.15, 0.2) is 11.5 Å². The molecule has 0 spiro atoms. The number of hydrogen-bond donors (Lipinski definition) is 1. The number of carbonyl (C=O) groups is 1. The average Bonchev–Trinajstić information content (AvgIpc) is 3.18. The van der Waals surface area contributed by atoms with Crippen LogP contribution in [-0.2, 0) is 12.8 Å². The van der Waals surface area contributed by atoms with Gasteiger partial charge in [-0.05, 0) is 41.8 Å². The minimum absolute atomic E-state index is 0.0996. The Morgan fingerprint density at radius 1 is 1.07 bits per heavy atom. The van der Waals surface area contributed by atoms with Crippen molar-refractivity contribution in [1.29, 1.82) is 0 Å². The highest BCUT2D eigenvalue weighted by Gasteiger charge is 2.16. The Kier molecular flexibility index (Phi) is 6.95. The molecule has 0 atom stereocenters. The molecule has 1 heterocycles. The number of aromatic nitrogens is 2. The van der Waals surface area contributed by atoms with Crippen molar-refractivity contribution < 1.29 is 18.7 Å². The van der Waals surface area contributed by atoms with Crippen molar-refractivity contribution in [1.82, 2.24) is 15.5 Å². The second kappa shape index (κ2) is 9.62. The number of benzene rings is 2. The Morgan fingerprint density at radius 2 is 1.86 bits per heavy atom. The van der Waals surface area contributed by atoms with Gasteiger partial charge in [0.25, 0.3) is 0 Å². The molecule has 1 amide bonds. The van der Waals surface area contributed by atoms with Crippen LogP contribution in [0.15, 0.2) is 40.8 Å². The van der Waals surface area contributed by atoms with Gasteiger partial charge in [0, 0.05) is 16.6 Å². The lowest BCUT2D eigenvalue weighted by molar-refractivity contribution is 0.0918. The summed E-state index contributed by atoms with van der Waals surface area (Å²) in [6.07, 6.45) is 0.912. The van der Waals surface area contributed by atoms with Crippen LogP contribution >= 0.6 is 23.2 Å². The van der Waals surface area contributed by atoms with Gasteiger partial charge >= 0.3 is 11.8 Å². The van der Waals surface area contributed by atoms with Gasteiger partial charge in [-0.1, -0.05) is 35.3 Å². The topological polar surface area (TPSA) is 86.5 Å². The maximum absolute atomic E-state index is 12.2. The lowest BCUT2D eigenvalue weighted by Gasteiger charge is -2.09. The highest BCUT2D eigenvalue weighted by atomic mass is 35.5. The number of rotatable bonds is 8. The predicted molar refractivity (Wildman–Crippen MR) is 109 cm³/mol. The molecule has 1 aromatic heterocycles. The average molecular weight is 436 g/mol. The molecule has 0 radical (unpaired) electrons. The van der Waals surface area contributed by atoms with Gasteiger partial charge in [0.1, 0.15) is 0 Å². The van der Waals surface area contributed by atoms with Crippen LogP contribution in [0.3, 0.4) is 0 Å². The fourth-order valence-corrected chi connectivity index (χ4v) is 3.15. The van der Waals surface area contributed by atoms with Crippen LogP contribution in [0.5, 0.6) is 11.5 Å². The first-order chi connectivity index (χ1) is 14.0. The fourth-order valence-electron chi connectivity index (χ4n) is 2.68. The maximum Gasteiger partial charge on any atom is 0.308 e. The standard InChI is InChI=1S/C20H19Cl2N3O4/c1-27-16-6-3-12(9-17(16)28-2)7-8-23-19(26)20-25-24-18(29-20)10-13-4-5-14(21)11-15(13)22/h3-6,9,11H,7-8,10H2,1-2H3,(H,23,26). The van der Waals surface area contributed by atoms with E-state index >= 15 is 0 Å². The monoisotopic (exact) mass is 435 g/mol. The summed E-state index contributed by atoms with van der Waals surface area (Å²) in [5.74, 6) is 1.04. The summed E-state index contributed by atoms with van der Waals surface area (Å²) in [7, 11) is 3.16. The predicted octanol–water partition coefficient (Wildman–Crippen LogP) is 3.96. The molecule has 2 aromatic carbocycles. The van der Waals surface area contributed by atoms with E-state index in [0.29, 0.717) is 46.8 Å². The molecular weight excluding hydrogens is 417 g/mol. The number of ether oxygens (including phenoxy) is 2. The molecule has 0 aliphatic rings. The number of hydrogen-bond acceptors (Lipinski definition) is 6. The molecule has 29 heavy (non-hydrogen) atoms. The summed E-state index contributed by atoms with van der Waals surface area (Å²) in [4.78, 5) is 12.2. The van der Waals surface area contributed by atoms with Gasteiger partial charge in [0.2, 0.25) is 5.89 Å². The Morgan fingerprint density at radius 3 is 2.59 bits per heavy atom. The number of nitrogens with zero attached hydrogens (tertiary/aromatic N) is 2. The molecule has 0 aliphatic carbocycles. The highest BCUT2D eigenvalue weighted by molar-refractivity contribution is 6.35. The van der Waals surface area contributed by atoms with Crippen molar-refractivity contribution in [3.8, 4) is 11.5 Å². The van der Waals surface area contributed by atoms with Crippen LogP contribution in [0.1, 0.15) is 27.7 Å². The Bertz CT molecular complexity index is 1010. The third-order valence-electron chi connectivity index (χ3n) is 4.17. The lowest BCUT2D eigenvalue weighted by atomic mass is 10.1. The van der Waals surface area contributed by atoms with Gasteiger partial charge in [-0.2, -0.15) is 0 Å². The van der Waals surface area contributed by atoms with Crippen LogP contribution in [0.25, 0.3) is 0 Å². The zero-order valence-electron chi connectivity index (χ0n) is 15.9. The van der Waals surface area contributed by atoms with Crippen molar-refractivity contribution in [2.24, 2.45) is 0 Å². The fraction of sp³-hybridized carbons (Fsp3) is 0.250. The van der Waals surface area contributed by atoms with Gasteiger partial charge in [-0.15, -0.1) is 10.2 Å². The SMILES string of the molecule is COc1ccc(CCNC(=O)c2nnc(Cc3ccc(Cl)cc3Cl)o2)cc1OC. The quantitative estimate of drug-likeness (QED) is 0.576. The van der Waals surface area contributed by atoms with Gasteiger partial charge < -0.3 is 19.2 Å². The number of carbonyl (C=O) groups excluding carboxylic acids is 1. The smallest absolute Gasteiger partial charge is 0.308 e. The minimum atomic E-state index is -0.438. The van der Waals surface area contributed by atoms with E-state index in [1.165, 1.54) is 0 Å². The normalized spacial score (nSPS) is 10.6. The van der Waals surface area contributed by atoms with Gasteiger partial charge in [-0.3, -0.25) is 4.79 Å². The molecule has 0 bridgehead atoms. The van der Waals surface area contributed by atoms with E-state index in [0.717, 1.165) is 11.1 Å². The molecular formula is C20H19Cl2N3O4.